The van der Waals surface area contributed by atoms with Crippen molar-refractivity contribution in [1.82, 2.24) is 9.97 Å². The van der Waals surface area contributed by atoms with Gasteiger partial charge in [0.2, 0.25) is 0 Å². The number of nitrogens with two attached hydrogens (primary N) is 1. The topological polar surface area (TPSA) is 75.9 Å². The first-order valence-electron chi connectivity index (χ1n) is 6.46. The van der Waals surface area contributed by atoms with Gasteiger partial charge >= 0.3 is 0 Å². The van der Waals surface area contributed by atoms with Crippen LogP contribution in [0.3, 0.4) is 0 Å². The summed E-state index contributed by atoms with van der Waals surface area (Å²) in [6, 6.07) is 10.2. The molecule has 0 saturated heterocycles. The molecule has 2 aromatic rings. The molecule has 0 atom stereocenters. The van der Waals surface area contributed by atoms with Gasteiger partial charge in [-0.25, -0.2) is 15.8 Å². The van der Waals surface area contributed by atoms with Crippen LogP contribution in [0.1, 0.15) is 25.3 Å². The first kappa shape index (κ1) is 13.3. The normalized spacial score (nSPS) is 10.2. The minimum Gasteiger partial charge on any atom is -0.340 e. The quantitative estimate of drug-likeness (QED) is 0.548. The van der Waals surface area contributed by atoms with Crippen molar-refractivity contribution < 1.29 is 0 Å². The highest BCUT2D eigenvalue weighted by Crippen LogP contribution is 2.17. The van der Waals surface area contributed by atoms with E-state index in [2.05, 4.69) is 51.9 Å². The molecule has 1 aromatic carbocycles. The second-order valence-corrected chi connectivity index (χ2v) is 4.36. The predicted molar refractivity (Wildman–Crippen MR) is 78.2 cm³/mol. The van der Waals surface area contributed by atoms with Crippen molar-refractivity contribution in [2.45, 2.75) is 26.2 Å². The Bertz CT molecular complexity index is 509. The van der Waals surface area contributed by atoms with Gasteiger partial charge in [-0.3, -0.25) is 0 Å². The zero-order chi connectivity index (χ0) is 13.5. The average Bonchev–Trinajstić information content (AvgIpc) is 2.47. The maximum absolute atomic E-state index is 5.31. The second kappa shape index (κ2) is 6.70. The molecule has 0 saturated carbocycles. The Labute approximate surface area is 113 Å². The summed E-state index contributed by atoms with van der Waals surface area (Å²) in [5.41, 5.74) is 4.86. The van der Waals surface area contributed by atoms with Crippen molar-refractivity contribution in [1.29, 1.82) is 0 Å². The van der Waals surface area contributed by atoms with Crippen molar-refractivity contribution >= 4 is 17.3 Å². The molecular weight excluding hydrogens is 238 g/mol. The van der Waals surface area contributed by atoms with Gasteiger partial charge in [0.15, 0.2) is 0 Å². The molecular formula is C14H19N5. The van der Waals surface area contributed by atoms with Gasteiger partial charge in [0.25, 0.3) is 0 Å². The van der Waals surface area contributed by atoms with Crippen LogP contribution in [0.4, 0.5) is 17.3 Å². The van der Waals surface area contributed by atoms with Crippen LogP contribution in [0.5, 0.6) is 0 Å². The highest BCUT2D eigenvalue weighted by molar-refractivity contribution is 5.58. The molecule has 5 nitrogen and oxygen atoms in total. The van der Waals surface area contributed by atoms with E-state index in [4.69, 9.17) is 5.84 Å². The number of benzene rings is 1. The fourth-order valence-corrected chi connectivity index (χ4v) is 1.79. The molecule has 4 N–H and O–H groups in total. The third-order valence-electron chi connectivity index (χ3n) is 2.86. The van der Waals surface area contributed by atoms with Crippen LogP contribution in [-0.2, 0) is 6.42 Å². The Morgan fingerprint density at radius 2 is 1.84 bits per heavy atom. The number of anilines is 3. The smallest absolute Gasteiger partial charge is 0.145 e. The Balaban J connectivity index is 2.02. The van der Waals surface area contributed by atoms with Crippen LogP contribution in [-0.4, -0.2) is 9.97 Å². The maximum Gasteiger partial charge on any atom is 0.145 e. The molecule has 5 heteroatoms. The molecule has 1 heterocycles. The van der Waals surface area contributed by atoms with Crippen molar-refractivity contribution in [2.24, 2.45) is 5.84 Å². The summed E-state index contributed by atoms with van der Waals surface area (Å²) in [7, 11) is 0. The van der Waals surface area contributed by atoms with E-state index in [1.54, 1.807) is 6.07 Å². The lowest BCUT2D eigenvalue weighted by atomic mass is 10.1. The van der Waals surface area contributed by atoms with Crippen molar-refractivity contribution in [3.8, 4) is 0 Å². The van der Waals surface area contributed by atoms with E-state index in [9.17, 15) is 0 Å². The second-order valence-electron chi connectivity index (χ2n) is 4.36. The number of hydrazine groups is 1. The van der Waals surface area contributed by atoms with Crippen LogP contribution in [0.15, 0.2) is 36.7 Å². The molecule has 0 amide bonds. The number of hydrogen-bond donors (Lipinski definition) is 3. The zero-order valence-electron chi connectivity index (χ0n) is 11.1. The fraction of sp³-hybridized carbons (Fsp3) is 0.286. The minimum absolute atomic E-state index is 0.581. The van der Waals surface area contributed by atoms with Crippen molar-refractivity contribution in [3.05, 3.63) is 42.2 Å². The largest absolute Gasteiger partial charge is 0.340 e. The van der Waals surface area contributed by atoms with E-state index in [-0.39, 0.29) is 0 Å². The third kappa shape index (κ3) is 3.93. The summed E-state index contributed by atoms with van der Waals surface area (Å²) in [6.45, 7) is 2.20. The molecule has 19 heavy (non-hydrogen) atoms. The first-order chi connectivity index (χ1) is 9.31. The molecule has 0 bridgehead atoms. The third-order valence-corrected chi connectivity index (χ3v) is 2.86. The monoisotopic (exact) mass is 257 g/mol. The molecule has 0 radical (unpaired) electrons. The number of rotatable bonds is 6. The summed E-state index contributed by atoms with van der Waals surface area (Å²) in [4.78, 5) is 8.10. The summed E-state index contributed by atoms with van der Waals surface area (Å²) < 4.78 is 0. The van der Waals surface area contributed by atoms with Gasteiger partial charge in [-0.15, -0.1) is 0 Å². The minimum atomic E-state index is 0.581. The summed E-state index contributed by atoms with van der Waals surface area (Å²) in [5, 5.41) is 3.22. The van der Waals surface area contributed by atoms with E-state index < -0.39 is 0 Å². The number of unbranched alkanes of at least 4 members (excludes halogenated alkanes) is 1. The molecule has 0 unspecified atom stereocenters. The van der Waals surface area contributed by atoms with Gasteiger partial charge in [-0.05, 0) is 30.5 Å². The number of nitrogens with zero attached hydrogens (tertiary/aromatic N) is 2. The molecule has 0 aliphatic heterocycles. The van der Waals surface area contributed by atoms with E-state index in [0.717, 1.165) is 12.1 Å². The number of aryl methyl sites for hydroxylation is 1. The van der Waals surface area contributed by atoms with Gasteiger partial charge in [0.1, 0.15) is 18.0 Å². The van der Waals surface area contributed by atoms with E-state index in [1.165, 1.54) is 24.7 Å². The highest BCUT2D eigenvalue weighted by Gasteiger charge is 1.99. The van der Waals surface area contributed by atoms with E-state index in [1.807, 2.05) is 0 Å². The molecule has 0 spiro atoms. The van der Waals surface area contributed by atoms with Crippen molar-refractivity contribution in [2.75, 3.05) is 10.7 Å². The summed E-state index contributed by atoms with van der Waals surface area (Å²) in [5.74, 6) is 6.60. The lowest BCUT2D eigenvalue weighted by Crippen LogP contribution is -2.09. The molecule has 100 valence electrons. The standard InChI is InChI=1S/C14H19N5/c1-2-3-4-11-5-7-12(8-6-11)18-13-9-14(19-15)17-10-16-13/h5-10H,2-4,15H2,1H3,(H2,16,17,18,19). The Kier molecular flexibility index (Phi) is 4.69. The summed E-state index contributed by atoms with van der Waals surface area (Å²) in [6.07, 6.45) is 5.04. The molecule has 0 fully saturated rings. The van der Waals surface area contributed by atoms with Crippen LogP contribution in [0.2, 0.25) is 0 Å². The van der Waals surface area contributed by atoms with Gasteiger partial charge in [-0.2, -0.15) is 0 Å². The van der Waals surface area contributed by atoms with Crippen LogP contribution in [0.25, 0.3) is 0 Å². The van der Waals surface area contributed by atoms with Crippen LogP contribution >= 0.6 is 0 Å². The average molecular weight is 257 g/mol. The number of nitrogen functional groups attached to an aromatic ring is 1. The van der Waals surface area contributed by atoms with Gasteiger partial charge in [0.05, 0.1) is 0 Å². The van der Waals surface area contributed by atoms with Crippen molar-refractivity contribution in [3.63, 3.8) is 0 Å². The lowest BCUT2D eigenvalue weighted by molar-refractivity contribution is 0.795. The van der Waals surface area contributed by atoms with Crippen LogP contribution in [0, 0.1) is 0 Å². The number of nitrogens with one attached hydrogen (secondary N) is 2. The fourth-order valence-electron chi connectivity index (χ4n) is 1.79. The molecule has 1 aromatic heterocycles. The maximum atomic E-state index is 5.31. The van der Waals surface area contributed by atoms with Crippen LogP contribution < -0.4 is 16.6 Å². The Hall–Kier alpha value is -2.14. The molecule has 0 aliphatic rings. The van der Waals surface area contributed by atoms with Gasteiger partial charge in [0, 0.05) is 11.8 Å². The van der Waals surface area contributed by atoms with Gasteiger partial charge < -0.3 is 10.7 Å². The molecule has 0 aliphatic carbocycles. The zero-order valence-corrected chi connectivity index (χ0v) is 11.1. The predicted octanol–water partition coefficient (Wildman–Crippen LogP) is 2.85. The van der Waals surface area contributed by atoms with Gasteiger partial charge in [-0.1, -0.05) is 25.5 Å². The lowest BCUT2D eigenvalue weighted by Gasteiger charge is -2.07. The number of hydrogen-bond acceptors (Lipinski definition) is 5. The highest BCUT2D eigenvalue weighted by atomic mass is 15.3. The Morgan fingerprint density at radius 3 is 2.53 bits per heavy atom. The van der Waals surface area contributed by atoms with E-state index in [0.29, 0.717) is 11.6 Å². The molecule has 2 rings (SSSR count). The Morgan fingerprint density at radius 1 is 1.11 bits per heavy atom. The first-order valence-corrected chi connectivity index (χ1v) is 6.46. The number of aromatic nitrogens is 2. The summed E-state index contributed by atoms with van der Waals surface area (Å²) >= 11 is 0. The van der Waals surface area contributed by atoms with E-state index >= 15 is 0 Å². The SMILES string of the molecule is CCCCc1ccc(Nc2cc(NN)ncn2)cc1.